The molecule has 0 spiro atoms. The molecular formula is C15H12Cl2N2O. The summed E-state index contributed by atoms with van der Waals surface area (Å²) in [7, 11) is 0. The highest BCUT2D eigenvalue weighted by Gasteiger charge is 2.03. The van der Waals surface area contributed by atoms with Crippen molar-refractivity contribution in [3.63, 3.8) is 0 Å². The van der Waals surface area contributed by atoms with Gasteiger partial charge in [-0.3, -0.25) is 4.79 Å². The maximum absolute atomic E-state index is 11.7. The number of carbonyl (C=O) groups excluding carboxylic acids is 1. The highest BCUT2D eigenvalue weighted by atomic mass is 35.5. The lowest BCUT2D eigenvalue weighted by atomic mass is 10.1. The minimum atomic E-state index is -0.198. The first-order chi connectivity index (χ1) is 9.66. The molecule has 0 aliphatic rings. The molecular weight excluding hydrogens is 295 g/mol. The number of rotatable bonds is 4. The number of halogens is 2. The molecule has 0 bridgehead atoms. The van der Waals surface area contributed by atoms with E-state index in [2.05, 4.69) is 10.5 Å². The lowest BCUT2D eigenvalue weighted by Crippen LogP contribution is -2.19. The van der Waals surface area contributed by atoms with Crippen LogP contribution < -0.4 is 5.43 Å². The Morgan fingerprint density at radius 1 is 1.05 bits per heavy atom. The summed E-state index contributed by atoms with van der Waals surface area (Å²) in [5, 5.41) is 4.84. The number of hydrogen-bond donors (Lipinski definition) is 1. The van der Waals surface area contributed by atoms with Gasteiger partial charge in [-0.05, 0) is 17.7 Å². The SMILES string of the molecule is O=C(Cc1ccccc1)N/N=C\c1c(Cl)cccc1Cl. The van der Waals surface area contributed by atoms with E-state index >= 15 is 0 Å². The average molecular weight is 307 g/mol. The number of hydrazone groups is 1. The molecule has 5 heteroatoms. The lowest BCUT2D eigenvalue weighted by molar-refractivity contribution is -0.120. The van der Waals surface area contributed by atoms with E-state index in [1.807, 2.05) is 30.3 Å². The monoisotopic (exact) mass is 306 g/mol. The Balaban J connectivity index is 1.95. The van der Waals surface area contributed by atoms with Gasteiger partial charge in [-0.25, -0.2) is 5.43 Å². The third-order valence-corrected chi connectivity index (χ3v) is 3.25. The van der Waals surface area contributed by atoms with Crippen LogP contribution in [-0.2, 0) is 11.2 Å². The quantitative estimate of drug-likeness (QED) is 0.679. The van der Waals surface area contributed by atoms with Gasteiger partial charge in [0, 0.05) is 5.56 Å². The van der Waals surface area contributed by atoms with Crippen molar-refractivity contribution in [2.24, 2.45) is 5.10 Å². The van der Waals surface area contributed by atoms with Gasteiger partial charge in [-0.15, -0.1) is 0 Å². The second-order valence-electron chi connectivity index (χ2n) is 4.09. The van der Waals surface area contributed by atoms with Crippen LogP contribution in [0.5, 0.6) is 0 Å². The summed E-state index contributed by atoms with van der Waals surface area (Å²) < 4.78 is 0. The van der Waals surface area contributed by atoms with Gasteiger partial charge in [0.05, 0.1) is 22.7 Å². The van der Waals surface area contributed by atoms with E-state index in [9.17, 15) is 4.79 Å². The van der Waals surface area contributed by atoms with Crippen molar-refractivity contribution < 1.29 is 4.79 Å². The number of benzene rings is 2. The number of amides is 1. The fourth-order valence-corrected chi connectivity index (χ4v) is 2.12. The third kappa shape index (κ3) is 4.08. The van der Waals surface area contributed by atoms with Gasteiger partial charge in [0.25, 0.3) is 0 Å². The Kier molecular flexibility index (Phi) is 5.16. The van der Waals surface area contributed by atoms with E-state index < -0.39 is 0 Å². The molecule has 0 atom stereocenters. The van der Waals surface area contributed by atoms with E-state index in [4.69, 9.17) is 23.2 Å². The Morgan fingerprint density at radius 3 is 2.35 bits per heavy atom. The molecule has 0 saturated heterocycles. The van der Waals surface area contributed by atoms with Gasteiger partial charge in [0.1, 0.15) is 0 Å². The molecule has 3 nitrogen and oxygen atoms in total. The number of hydrogen-bond acceptors (Lipinski definition) is 2. The first-order valence-electron chi connectivity index (χ1n) is 5.96. The summed E-state index contributed by atoms with van der Waals surface area (Å²) in [6.07, 6.45) is 1.71. The van der Waals surface area contributed by atoms with Crippen molar-refractivity contribution in [3.8, 4) is 0 Å². The second-order valence-corrected chi connectivity index (χ2v) is 4.91. The molecule has 0 aromatic heterocycles. The van der Waals surface area contributed by atoms with Crippen LogP contribution in [0.2, 0.25) is 10.0 Å². The fraction of sp³-hybridized carbons (Fsp3) is 0.0667. The number of nitrogens with zero attached hydrogens (tertiary/aromatic N) is 1. The number of nitrogens with one attached hydrogen (secondary N) is 1. The van der Waals surface area contributed by atoms with Crippen molar-refractivity contribution in [1.82, 2.24) is 5.43 Å². The first-order valence-corrected chi connectivity index (χ1v) is 6.72. The average Bonchev–Trinajstić information content (AvgIpc) is 2.43. The van der Waals surface area contributed by atoms with Crippen LogP contribution in [0.1, 0.15) is 11.1 Å². The predicted octanol–water partition coefficient (Wildman–Crippen LogP) is 3.69. The maximum atomic E-state index is 11.7. The van der Waals surface area contributed by atoms with Crippen LogP contribution in [0.25, 0.3) is 0 Å². The van der Waals surface area contributed by atoms with E-state index in [0.29, 0.717) is 15.6 Å². The fourth-order valence-electron chi connectivity index (χ4n) is 1.62. The standard InChI is InChI=1S/C15H12Cl2N2O/c16-13-7-4-8-14(17)12(13)10-18-19-15(20)9-11-5-2-1-3-6-11/h1-8,10H,9H2,(H,19,20)/b18-10-. The highest BCUT2D eigenvalue weighted by Crippen LogP contribution is 2.21. The highest BCUT2D eigenvalue weighted by molar-refractivity contribution is 6.38. The minimum absolute atomic E-state index is 0.198. The normalized spacial score (nSPS) is 10.7. The Labute approximate surface area is 127 Å². The van der Waals surface area contributed by atoms with Crippen LogP contribution in [0.15, 0.2) is 53.6 Å². The van der Waals surface area contributed by atoms with Gasteiger partial charge in [0.15, 0.2) is 0 Å². The zero-order chi connectivity index (χ0) is 14.4. The van der Waals surface area contributed by atoms with Gasteiger partial charge >= 0.3 is 0 Å². The molecule has 0 aliphatic carbocycles. The minimum Gasteiger partial charge on any atom is -0.273 e. The molecule has 2 aromatic rings. The Bertz CT molecular complexity index is 607. The van der Waals surface area contributed by atoms with Gasteiger partial charge < -0.3 is 0 Å². The van der Waals surface area contributed by atoms with E-state index in [1.165, 1.54) is 6.21 Å². The maximum Gasteiger partial charge on any atom is 0.244 e. The summed E-state index contributed by atoms with van der Waals surface area (Å²) in [6, 6.07) is 14.6. The molecule has 2 aromatic carbocycles. The van der Waals surface area contributed by atoms with Gasteiger partial charge in [0.2, 0.25) is 5.91 Å². The summed E-state index contributed by atoms with van der Waals surface area (Å²) in [5.41, 5.74) is 3.95. The lowest BCUT2D eigenvalue weighted by Gasteiger charge is -2.02. The third-order valence-electron chi connectivity index (χ3n) is 2.59. The van der Waals surface area contributed by atoms with Crippen LogP contribution >= 0.6 is 23.2 Å². The predicted molar refractivity (Wildman–Crippen MR) is 82.3 cm³/mol. The molecule has 1 amide bonds. The van der Waals surface area contributed by atoms with Crippen molar-refractivity contribution in [2.45, 2.75) is 6.42 Å². The van der Waals surface area contributed by atoms with Crippen LogP contribution in [-0.4, -0.2) is 12.1 Å². The van der Waals surface area contributed by atoms with E-state index in [-0.39, 0.29) is 12.3 Å². The molecule has 2 rings (SSSR count). The molecule has 0 fully saturated rings. The Hall–Kier alpha value is -1.84. The smallest absolute Gasteiger partial charge is 0.244 e. The summed E-state index contributed by atoms with van der Waals surface area (Å²) in [5.74, 6) is -0.198. The molecule has 102 valence electrons. The van der Waals surface area contributed by atoms with Crippen molar-refractivity contribution in [3.05, 3.63) is 69.7 Å². The number of carbonyl (C=O) groups is 1. The van der Waals surface area contributed by atoms with Crippen LogP contribution in [0.3, 0.4) is 0 Å². The van der Waals surface area contributed by atoms with E-state index in [0.717, 1.165) is 5.56 Å². The molecule has 0 aliphatic heterocycles. The van der Waals surface area contributed by atoms with Crippen molar-refractivity contribution in [1.29, 1.82) is 0 Å². The van der Waals surface area contributed by atoms with Gasteiger partial charge in [-0.1, -0.05) is 59.6 Å². The second kappa shape index (κ2) is 7.08. The molecule has 0 heterocycles. The molecule has 0 saturated carbocycles. The molecule has 0 radical (unpaired) electrons. The largest absolute Gasteiger partial charge is 0.273 e. The van der Waals surface area contributed by atoms with E-state index in [1.54, 1.807) is 18.2 Å². The summed E-state index contributed by atoms with van der Waals surface area (Å²) in [4.78, 5) is 11.7. The summed E-state index contributed by atoms with van der Waals surface area (Å²) >= 11 is 12.0. The zero-order valence-corrected chi connectivity index (χ0v) is 12.0. The molecule has 20 heavy (non-hydrogen) atoms. The van der Waals surface area contributed by atoms with Crippen LogP contribution in [0.4, 0.5) is 0 Å². The Morgan fingerprint density at radius 2 is 1.70 bits per heavy atom. The van der Waals surface area contributed by atoms with Crippen molar-refractivity contribution >= 4 is 35.3 Å². The molecule has 1 N–H and O–H groups in total. The summed E-state index contributed by atoms with van der Waals surface area (Å²) in [6.45, 7) is 0. The zero-order valence-electron chi connectivity index (χ0n) is 10.5. The topological polar surface area (TPSA) is 41.5 Å². The molecule has 0 unspecified atom stereocenters. The van der Waals surface area contributed by atoms with Gasteiger partial charge in [-0.2, -0.15) is 5.10 Å². The van der Waals surface area contributed by atoms with Crippen LogP contribution in [0, 0.1) is 0 Å². The first kappa shape index (κ1) is 14.6. The van der Waals surface area contributed by atoms with Crippen molar-refractivity contribution in [2.75, 3.05) is 0 Å².